The van der Waals surface area contributed by atoms with Gasteiger partial charge in [-0.25, -0.2) is 4.79 Å². The molecule has 0 atom stereocenters. The van der Waals surface area contributed by atoms with Crippen molar-refractivity contribution in [2.75, 3.05) is 45.9 Å². The summed E-state index contributed by atoms with van der Waals surface area (Å²) in [4.78, 5) is 16.4. The lowest BCUT2D eigenvalue weighted by atomic mass is 9.99. The van der Waals surface area contributed by atoms with Crippen molar-refractivity contribution in [3.8, 4) is 11.1 Å². The molecule has 2 aromatic rings. The van der Waals surface area contributed by atoms with E-state index in [0.29, 0.717) is 6.61 Å². The highest BCUT2D eigenvalue weighted by molar-refractivity contribution is 6.30. The van der Waals surface area contributed by atoms with Gasteiger partial charge >= 0.3 is 5.97 Å². The van der Waals surface area contributed by atoms with E-state index in [1.807, 2.05) is 32.1 Å². The molecule has 0 aromatic heterocycles. The number of nitrogens with zero attached hydrogens (tertiary/aromatic N) is 2. The standard InChI is InChI=1S/C26H33ClN2O3/c1-21(2)32-26(30)20-31-18-6-5-13-28-14-16-29(17-15-28)19-23-7-3-4-8-25(23)22-9-11-24(27)12-10-22/h3-12,21H,13-20H2,1-2H3. The number of piperazine rings is 1. The number of carbonyl (C=O) groups excluding carboxylic acids is 1. The van der Waals surface area contributed by atoms with Crippen LogP contribution in [-0.2, 0) is 20.8 Å². The van der Waals surface area contributed by atoms with Crippen LogP contribution in [0.5, 0.6) is 0 Å². The lowest BCUT2D eigenvalue weighted by molar-refractivity contribution is -0.152. The molecule has 3 rings (SSSR count). The molecule has 1 heterocycles. The van der Waals surface area contributed by atoms with Gasteiger partial charge in [0.1, 0.15) is 6.61 Å². The molecule has 6 heteroatoms. The van der Waals surface area contributed by atoms with Gasteiger partial charge in [-0.2, -0.15) is 0 Å². The average molecular weight is 457 g/mol. The number of carbonyl (C=O) groups is 1. The van der Waals surface area contributed by atoms with E-state index in [1.54, 1.807) is 0 Å². The zero-order chi connectivity index (χ0) is 22.8. The van der Waals surface area contributed by atoms with Gasteiger partial charge in [-0.1, -0.05) is 60.2 Å². The molecule has 0 amide bonds. The molecule has 1 fully saturated rings. The Balaban J connectivity index is 1.39. The van der Waals surface area contributed by atoms with Gasteiger partial charge in [0.15, 0.2) is 0 Å². The van der Waals surface area contributed by atoms with Crippen molar-refractivity contribution in [1.29, 1.82) is 0 Å². The third kappa shape index (κ3) is 8.06. The van der Waals surface area contributed by atoms with Crippen molar-refractivity contribution < 1.29 is 14.3 Å². The largest absolute Gasteiger partial charge is 0.461 e. The Kier molecular flexibility index (Phi) is 9.75. The summed E-state index contributed by atoms with van der Waals surface area (Å²) in [6.45, 7) is 10.1. The van der Waals surface area contributed by atoms with Gasteiger partial charge in [-0.3, -0.25) is 9.80 Å². The third-order valence-electron chi connectivity index (χ3n) is 5.36. The zero-order valence-electron chi connectivity index (χ0n) is 19.0. The van der Waals surface area contributed by atoms with Crippen LogP contribution in [0.15, 0.2) is 60.7 Å². The fourth-order valence-electron chi connectivity index (χ4n) is 3.74. The Morgan fingerprint density at radius 2 is 1.69 bits per heavy atom. The molecular formula is C26H33ClN2O3. The van der Waals surface area contributed by atoms with Crippen LogP contribution in [0.3, 0.4) is 0 Å². The smallest absolute Gasteiger partial charge is 0.332 e. The first-order valence-corrected chi connectivity index (χ1v) is 11.6. The quantitative estimate of drug-likeness (QED) is 0.296. The van der Waals surface area contributed by atoms with Crippen molar-refractivity contribution in [3.05, 3.63) is 71.3 Å². The normalized spacial score (nSPS) is 15.5. The fraction of sp³-hybridized carbons (Fsp3) is 0.423. The first-order chi connectivity index (χ1) is 15.5. The molecule has 0 aliphatic carbocycles. The Labute approximate surface area is 196 Å². The lowest BCUT2D eigenvalue weighted by Gasteiger charge is -2.34. The van der Waals surface area contributed by atoms with E-state index in [1.165, 1.54) is 16.7 Å². The molecule has 1 saturated heterocycles. The summed E-state index contributed by atoms with van der Waals surface area (Å²) in [6.07, 6.45) is 3.97. The summed E-state index contributed by atoms with van der Waals surface area (Å²) in [6, 6.07) is 16.7. The van der Waals surface area contributed by atoms with Crippen LogP contribution >= 0.6 is 11.6 Å². The number of hydrogen-bond acceptors (Lipinski definition) is 5. The van der Waals surface area contributed by atoms with Gasteiger partial charge in [0.25, 0.3) is 0 Å². The number of rotatable bonds is 10. The molecule has 1 aliphatic heterocycles. The highest BCUT2D eigenvalue weighted by Crippen LogP contribution is 2.26. The molecule has 0 spiro atoms. The molecule has 32 heavy (non-hydrogen) atoms. The van der Waals surface area contributed by atoms with Crippen molar-refractivity contribution >= 4 is 17.6 Å². The maximum atomic E-state index is 11.4. The molecule has 0 unspecified atom stereocenters. The zero-order valence-corrected chi connectivity index (χ0v) is 19.8. The number of benzene rings is 2. The van der Waals surface area contributed by atoms with Gasteiger partial charge in [0, 0.05) is 44.3 Å². The fourth-order valence-corrected chi connectivity index (χ4v) is 3.86. The van der Waals surface area contributed by atoms with Crippen molar-refractivity contribution in [2.45, 2.75) is 26.5 Å². The second-order valence-corrected chi connectivity index (χ2v) is 8.70. The molecule has 0 N–H and O–H groups in total. The van der Waals surface area contributed by atoms with E-state index in [9.17, 15) is 4.79 Å². The predicted octanol–water partition coefficient (Wildman–Crippen LogP) is 4.65. The van der Waals surface area contributed by atoms with Gasteiger partial charge < -0.3 is 9.47 Å². The van der Waals surface area contributed by atoms with E-state index in [4.69, 9.17) is 21.1 Å². The molecule has 0 saturated carbocycles. The van der Waals surface area contributed by atoms with E-state index >= 15 is 0 Å². The summed E-state index contributed by atoms with van der Waals surface area (Å²) in [5, 5.41) is 0.761. The molecule has 2 aromatic carbocycles. The lowest BCUT2D eigenvalue weighted by Crippen LogP contribution is -2.45. The van der Waals surface area contributed by atoms with Gasteiger partial charge in [-0.15, -0.1) is 0 Å². The molecule has 0 bridgehead atoms. The number of hydrogen-bond donors (Lipinski definition) is 0. The van der Waals surface area contributed by atoms with Crippen molar-refractivity contribution in [2.24, 2.45) is 0 Å². The summed E-state index contributed by atoms with van der Waals surface area (Å²) >= 11 is 6.05. The summed E-state index contributed by atoms with van der Waals surface area (Å²) < 4.78 is 10.4. The van der Waals surface area contributed by atoms with E-state index in [-0.39, 0.29) is 18.7 Å². The minimum Gasteiger partial charge on any atom is -0.461 e. The second-order valence-electron chi connectivity index (χ2n) is 8.27. The van der Waals surface area contributed by atoms with E-state index in [0.717, 1.165) is 44.3 Å². The van der Waals surface area contributed by atoms with Crippen LogP contribution < -0.4 is 0 Å². The van der Waals surface area contributed by atoms with Crippen LogP contribution in [0.1, 0.15) is 19.4 Å². The first kappa shape index (κ1) is 24.5. The van der Waals surface area contributed by atoms with Gasteiger partial charge in [0.2, 0.25) is 0 Å². The third-order valence-corrected chi connectivity index (χ3v) is 5.61. The number of esters is 1. The Hall–Kier alpha value is -2.18. The highest BCUT2D eigenvalue weighted by Gasteiger charge is 2.17. The maximum absolute atomic E-state index is 11.4. The van der Waals surface area contributed by atoms with Crippen LogP contribution in [0.4, 0.5) is 0 Å². The van der Waals surface area contributed by atoms with Crippen LogP contribution in [0.2, 0.25) is 5.02 Å². The van der Waals surface area contributed by atoms with Crippen LogP contribution in [0, 0.1) is 0 Å². The Bertz CT molecular complexity index is 875. The number of halogens is 1. The Morgan fingerprint density at radius 1 is 1.00 bits per heavy atom. The van der Waals surface area contributed by atoms with Crippen molar-refractivity contribution in [3.63, 3.8) is 0 Å². The van der Waals surface area contributed by atoms with E-state index in [2.05, 4.69) is 52.3 Å². The molecular weight excluding hydrogens is 424 g/mol. The van der Waals surface area contributed by atoms with Crippen molar-refractivity contribution in [1.82, 2.24) is 9.80 Å². The predicted molar refractivity (Wildman–Crippen MR) is 130 cm³/mol. The number of ether oxygens (including phenoxy) is 2. The summed E-state index contributed by atoms with van der Waals surface area (Å²) in [5.74, 6) is -0.317. The maximum Gasteiger partial charge on any atom is 0.332 e. The molecule has 5 nitrogen and oxygen atoms in total. The summed E-state index contributed by atoms with van der Waals surface area (Å²) in [5.41, 5.74) is 3.82. The monoisotopic (exact) mass is 456 g/mol. The van der Waals surface area contributed by atoms with Gasteiger partial charge in [0.05, 0.1) is 12.7 Å². The van der Waals surface area contributed by atoms with E-state index < -0.39 is 0 Å². The van der Waals surface area contributed by atoms with Gasteiger partial charge in [-0.05, 0) is 42.7 Å². The SMILES string of the molecule is CC(C)OC(=O)COCC=CCN1CCN(Cc2ccccc2-c2ccc(Cl)cc2)CC1. The summed E-state index contributed by atoms with van der Waals surface area (Å²) in [7, 11) is 0. The second kappa shape index (κ2) is 12.8. The first-order valence-electron chi connectivity index (χ1n) is 11.2. The highest BCUT2D eigenvalue weighted by atomic mass is 35.5. The minimum atomic E-state index is -0.317. The van der Waals surface area contributed by atoms with Crippen LogP contribution in [0.25, 0.3) is 11.1 Å². The minimum absolute atomic E-state index is 0.00130. The average Bonchev–Trinajstić information content (AvgIpc) is 2.78. The molecule has 0 radical (unpaired) electrons. The topological polar surface area (TPSA) is 42.0 Å². The molecule has 172 valence electrons. The van der Waals surface area contributed by atoms with Crippen LogP contribution in [-0.4, -0.2) is 67.8 Å². The molecule has 1 aliphatic rings. The Morgan fingerprint density at radius 3 is 2.41 bits per heavy atom.